The zero-order valence-electron chi connectivity index (χ0n) is 19.9. The third kappa shape index (κ3) is 4.58. The van der Waals surface area contributed by atoms with Crippen molar-refractivity contribution >= 4 is 33.3 Å². The lowest BCUT2D eigenvalue weighted by Crippen LogP contribution is -2.29. The van der Waals surface area contributed by atoms with Gasteiger partial charge in [0.15, 0.2) is 5.11 Å². The number of nitrogens with zero attached hydrogens (tertiary/aromatic N) is 3. The lowest BCUT2D eigenvalue weighted by molar-refractivity contribution is 0.310. The zero-order valence-corrected chi connectivity index (χ0v) is 22.3. The average molecular weight is 548 g/mol. The Balaban J connectivity index is 1.60. The van der Waals surface area contributed by atoms with Crippen molar-refractivity contribution < 1.29 is 4.74 Å². The van der Waals surface area contributed by atoms with Gasteiger partial charge in [-0.15, -0.1) is 0 Å². The fourth-order valence-electron chi connectivity index (χ4n) is 4.94. The van der Waals surface area contributed by atoms with Crippen LogP contribution in [0.25, 0.3) is 5.69 Å². The highest BCUT2D eigenvalue weighted by Gasteiger charge is 2.41. The maximum Gasteiger partial charge on any atom is 0.170 e. The minimum atomic E-state index is -0.0570. The Morgan fingerprint density at radius 1 is 1.03 bits per heavy atom. The molecule has 178 valence electrons. The van der Waals surface area contributed by atoms with E-state index in [0.717, 1.165) is 26.7 Å². The molecule has 5 rings (SSSR count). The molecule has 0 aliphatic carbocycles. The highest BCUT2D eigenvalue weighted by molar-refractivity contribution is 9.10. The Hall–Kier alpha value is -3.16. The minimum absolute atomic E-state index is 0.00777. The molecule has 1 aliphatic heterocycles. The second-order valence-electron chi connectivity index (χ2n) is 8.74. The first-order chi connectivity index (χ1) is 17.0. The van der Waals surface area contributed by atoms with Gasteiger partial charge in [0.2, 0.25) is 0 Å². The van der Waals surface area contributed by atoms with Crippen molar-refractivity contribution in [2.24, 2.45) is 0 Å². The molecule has 35 heavy (non-hydrogen) atoms. The van der Waals surface area contributed by atoms with Gasteiger partial charge in [0, 0.05) is 34.3 Å². The van der Waals surface area contributed by atoms with Gasteiger partial charge in [0.25, 0.3) is 0 Å². The molecular weight excluding hydrogens is 520 g/mol. The Morgan fingerprint density at radius 3 is 2.51 bits per heavy atom. The third-order valence-electron chi connectivity index (χ3n) is 6.57. The van der Waals surface area contributed by atoms with Crippen molar-refractivity contribution in [3.05, 3.63) is 112 Å². The number of halogens is 1. The molecule has 1 fully saturated rings. The Labute approximate surface area is 219 Å². The van der Waals surface area contributed by atoms with Crippen molar-refractivity contribution in [2.75, 3.05) is 7.11 Å². The predicted molar refractivity (Wildman–Crippen MR) is 147 cm³/mol. The summed E-state index contributed by atoms with van der Waals surface area (Å²) in [5.74, 6) is 0.844. The molecule has 2 aromatic carbocycles. The monoisotopic (exact) mass is 546 g/mol. The molecule has 0 bridgehead atoms. The average Bonchev–Trinajstić information content (AvgIpc) is 3.34. The topological polar surface area (TPSA) is 42.3 Å². The number of hydrogen-bond donors (Lipinski definition) is 1. The number of thiocarbonyl (C=S) groups is 1. The van der Waals surface area contributed by atoms with Crippen LogP contribution >= 0.6 is 28.1 Å². The fraction of sp³-hybridized carbons (Fsp3) is 0.214. The van der Waals surface area contributed by atoms with E-state index in [9.17, 15) is 0 Å². The molecule has 0 amide bonds. The number of hydrogen-bond acceptors (Lipinski definition) is 3. The second kappa shape index (κ2) is 9.84. The summed E-state index contributed by atoms with van der Waals surface area (Å²) >= 11 is 9.51. The molecule has 0 unspecified atom stereocenters. The van der Waals surface area contributed by atoms with Gasteiger partial charge < -0.3 is 19.5 Å². The van der Waals surface area contributed by atoms with Crippen LogP contribution in [0.1, 0.15) is 40.3 Å². The van der Waals surface area contributed by atoms with Gasteiger partial charge in [-0.2, -0.15) is 0 Å². The number of methoxy groups -OCH3 is 1. The van der Waals surface area contributed by atoms with Crippen LogP contribution in [0.4, 0.5) is 0 Å². The lowest BCUT2D eigenvalue weighted by Gasteiger charge is -2.28. The number of ether oxygens (including phenoxy) is 1. The fourth-order valence-corrected chi connectivity index (χ4v) is 5.63. The molecule has 1 N–H and O–H groups in total. The summed E-state index contributed by atoms with van der Waals surface area (Å²) in [7, 11) is 1.68. The number of aryl methyl sites for hydroxylation is 1. The highest BCUT2D eigenvalue weighted by atomic mass is 79.9. The first-order valence-electron chi connectivity index (χ1n) is 11.5. The minimum Gasteiger partial charge on any atom is -0.497 e. The van der Waals surface area contributed by atoms with Crippen molar-refractivity contribution in [1.29, 1.82) is 0 Å². The number of benzene rings is 2. The summed E-state index contributed by atoms with van der Waals surface area (Å²) in [6, 6.07) is 24.8. The molecule has 1 aliphatic rings. The molecule has 0 saturated carbocycles. The van der Waals surface area contributed by atoms with E-state index < -0.39 is 0 Å². The molecule has 2 aromatic heterocycles. The van der Waals surface area contributed by atoms with Gasteiger partial charge in [0.1, 0.15) is 5.75 Å². The Kier molecular flexibility index (Phi) is 6.62. The smallest absolute Gasteiger partial charge is 0.170 e. The highest BCUT2D eigenvalue weighted by Crippen LogP contribution is 2.42. The number of aromatic nitrogens is 2. The van der Waals surface area contributed by atoms with E-state index in [-0.39, 0.29) is 12.1 Å². The SMILES string of the molecule is COc1ccc(CN2C(=S)N[C@H](c3ccccn3)[C@H]2c2cc(C)n(-c3cccc(Br)c3)c2C)cc1. The van der Waals surface area contributed by atoms with Crippen molar-refractivity contribution in [3.8, 4) is 11.4 Å². The Bertz CT molecular complexity index is 1350. The van der Waals surface area contributed by atoms with E-state index in [1.165, 1.54) is 22.5 Å². The quantitative estimate of drug-likeness (QED) is 0.282. The van der Waals surface area contributed by atoms with E-state index in [2.05, 4.69) is 92.0 Å². The van der Waals surface area contributed by atoms with Crippen molar-refractivity contribution in [1.82, 2.24) is 19.8 Å². The van der Waals surface area contributed by atoms with Crippen molar-refractivity contribution in [2.45, 2.75) is 32.5 Å². The summed E-state index contributed by atoms with van der Waals surface area (Å²) in [6.07, 6.45) is 1.84. The van der Waals surface area contributed by atoms with E-state index in [1.54, 1.807) is 7.11 Å². The molecule has 5 nitrogen and oxygen atoms in total. The molecule has 3 heterocycles. The summed E-state index contributed by atoms with van der Waals surface area (Å²) in [5.41, 5.74) is 6.88. The van der Waals surface area contributed by atoms with Crippen molar-refractivity contribution in [3.63, 3.8) is 0 Å². The van der Waals surface area contributed by atoms with Crippen LogP contribution in [-0.2, 0) is 6.54 Å². The largest absolute Gasteiger partial charge is 0.497 e. The summed E-state index contributed by atoms with van der Waals surface area (Å²) in [5, 5.41) is 4.30. The number of rotatable bonds is 6. The van der Waals surface area contributed by atoms with Crippen LogP contribution in [0.5, 0.6) is 5.75 Å². The molecule has 4 aromatic rings. The van der Waals surface area contributed by atoms with Gasteiger partial charge in [-0.05, 0) is 85.7 Å². The molecule has 2 atom stereocenters. The van der Waals surface area contributed by atoms with Crippen LogP contribution in [0, 0.1) is 13.8 Å². The molecule has 7 heteroatoms. The van der Waals surface area contributed by atoms with Gasteiger partial charge in [0.05, 0.1) is 24.9 Å². The van der Waals surface area contributed by atoms with Gasteiger partial charge in [-0.1, -0.05) is 40.2 Å². The number of nitrogens with one attached hydrogen (secondary N) is 1. The normalized spacial score (nSPS) is 17.5. The van der Waals surface area contributed by atoms with Gasteiger partial charge in [-0.25, -0.2) is 0 Å². The number of pyridine rings is 1. The van der Waals surface area contributed by atoms with Crippen LogP contribution in [0.2, 0.25) is 0 Å². The van der Waals surface area contributed by atoms with Crippen LogP contribution in [0.15, 0.2) is 83.5 Å². The third-order valence-corrected chi connectivity index (χ3v) is 7.41. The van der Waals surface area contributed by atoms with Gasteiger partial charge in [-0.3, -0.25) is 4.98 Å². The predicted octanol–water partition coefficient (Wildman–Crippen LogP) is 6.43. The van der Waals surface area contributed by atoms with Crippen LogP contribution in [0.3, 0.4) is 0 Å². The molecular formula is C28H27BrN4OS. The summed E-state index contributed by atoms with van der Waals surface area (Å²) < 4.78 is 8.71. The molecule has 0 radical (unpaired) electrons. The Morgan fingerprint density at radius 2 is 1.83 bits per heavy atom. The van der Waals surface area contributed by atoms with Gasteiger partial charge >= 0.3 is 0 Å². The van der Waals surface area contributed by atoms with E-state index in [0.29, 0.717) is 6.54 Å². The zero-order chi connectivity index (χ0) is 24.5. The first-order valence-corrected chi connectivity index (χ1v) is 12.7. The summed E-state index contributed by atoms with van der Waals surface area (Å²) in [4.78, 5) is 6.97. The standard InChI is InChI=1S/C28H27BrN4OS/c1-18-15-24(19(2)33(18)22-8-6-7-21(29)16-22)27-26(25-9-4-5-14-30-25)31-28(35)32(27)17-20-10-12-23(34-3)13-11-20/h4-16,26-27H,17H2,1-3H3,(H,31,35)/t26-,27-/m1/s1. The van der Waals surface area contributed by atoms with Crippen LogP contribution in [-0.4, -0.2) is 26.7 Å². The first kappa shape index (κ1) is 23.6. The summed E-state index contributed by atoms with van der Waals surface area (Å²) in [6.45, 7) is 5.03. The lowest BCUT2D eigenvalue weighted by atomic mass is 9.96. The van der Waals surface area contributed by atoms with Crippen LogP contribution < -0.4 is 10.1 Å². The molecule has 0 spiro atoms. The second-order valence-corrected chi connectivity index (χ2v) is 10.0. The van der Waals surface area contributed by atoms with E-state index in [1.807, 2.05) is 36.5 Å². The maximum absolute atomic E-state index is 5.89. The maximum atomic E-state index is 5.89. The van der Waals surface area contributed by atoms with E-state index in [4.69, 9.17) is 17.0 Å². The van der Waals surface area contributed by atoms with E-state index >= 15 is 0 Å². The molecule has 1 saturated heterocycles.